The SMILES string of the molecule is CN1COc2c(N3CC4C=CCC(N)C4C3)c(F)cc3c(=O)c(OC(=O)O)cn1c23. The fourth-order valence-corrected chi connectivity index (χ4v) is 4.74. The Hall–Kier alpha value is -3.27. The lowest BCUT2D eigenvalue weighted by atomic mass is 9.83. The Labute approximate surface area is 170 Å². The zero-order chi connectivity index (χ0) is 21.2. The van der Waals surface area contributed by atoms with Crippen LogP contribution in [0.5, 0.6) is 11.5 Å². The van der Waals surface area contributed by atoms with Crippen LogP contribution in [0.2, 0.25) is 0 Å². The van der Waals surface area contributed by atoms with Crippen LogP contribution in [-0.2, 0) is 0 Å². The van der Waals surface area contributed by atoms with E-state index in [9.17, 15) is 9.59 Å². The van der Waals surface area contributed by atoms with Crippen molar-refractivity contribution in [3.05, 3.63) is 40.5 Å². The van der Waals surface area contributed by atoms with E-state index in [1.165, 1.54) is 6.20 Å². The molecule has 3 atom stereocenters. The first-order valence-corrected chi connectivity index (χ1v) is 9.69. The predicted octanol–water partition coefficient (Wildman–Crippen LogP) is 1.45. The highest BCUT2D eigenvalue weighted by Gasteiger charge is 2.39. The lowest BCUT2D eigenvalue weighted by Gasteiger charge is -2.33. The van der Waals surface area contributed by atoms with Gasteiger partial charge in [0.05, 0.1) is 11.6 Å². The van der Waals surface area contributed by atoms with Gasteiger partial charge in [0.2, 0.25) is 11.2 Å². The number of rotatable bonds is 2. The minimum absolute atomic E-state index is 0.00948. The van der Waals surface area contributed by atoms with Crippen molar-refractivity contribution in [2.75, 3.05) is 36.8 Å². The fraction of sp³-hybridized carbons (Fsp3) is 0.400. The lowest BCUT2D eigenvalue weighted by molar-refractivity contribution is 0.143. The molecule has 10 heteroatoms. The molecule has 3 heterocycles. The Morgan fingerprint density at radius 3 is 2.93 bits per heavy atom. The number of fused-ring (bicyclic) bond motifs is 1. The third-order valence-electron chi connectivity index (χ3n) is 6.15. The predicted molar refractivity (Wildman–Crippen MR) is 107 cm³/mol. The van der Waals surface area contributed by atoms with E-state index < -0.39 is 23.2 Å². The van der Waals surface area contributed by atoms with Crippen LogP contribution < -0.4 is 30.5 Å². The molecule has 1 fully saturated rings. The van der Waals surface area contributed by atoms with Crippen molar-refractivity contribution in [2.24, 2.45) is 17.6 Å². The van der Waals surface area contributed by atoms with E-state index in [4.69, 9.17) is 15.6 Å². The van der Waals surface area contributed by atoms with E-state index in [-0.39, 0.29) is 35.7 Å². The van der Waals surface area contributed by atoms with E-state index in [0.29, 0.717) is 24.3 Å². The number of carbonyl (C=O) groups is 1. The second-order valence-electron chi connectivity index (χ2n) is 7.96. The molecular formula is C20H21FN4O5. The zero-order valence-electron chi connectivity index (χ0n) is 16.2. The van der Waals surface area contributed by atoms with Crippen molar-refractivity contribution < 1.29 is 23.8 Å². The summed E-state index contributed by atoms with van der Waals surface area (Å²) in [5, 5.41) is 10.5. The molecule has 1 aromatic carbocycles. The summed E-state index contributed by atoms with van der Waals surface area (Å²) < 4.78 is 27.4. The van der Waals surface area contributed by atoms with Crippen LogP contribution in [0.4, 0.5) is 14.9 Å². The summed E-state index contributed by atoms with van der Waals surface area (Å²) in [5.41, 5.74) is 6.23. The standard InChI is InChI=1S/C20H21FN4O5/c1-23-9-29-19-16-11(18(26)15(8-25(16)23)30-20(27)28)5-13(21)17(19)24-6-10-3-2-4-14(22)12(10)7-24/h2-3,5,8,10,12,14H,4,6-7,9,22H2,1H3,(H,27,28). The number of pyridine rings is 1. The number of anilines is 1. The Kier molecular flexibility index (Phi) is 4.14. The number of ether oxygens (including phenoxy) is 2. The number of carboxylic acid groups (broad SMARTS) is 1. The molecule has 30 heavy (non-hydrogen) atoms. The molecule has 3 N–H and O–H groups in total. The molecule has 0 amide bonds. The highest BCUT2D eigenvalue weighted by Crippen LogP contribution is 2.44. The molecule has 3 aliphatic rings. The van der Waals surface area contributed by atoms with Crippen molar-refractivity contribution in [3.63, 3.8) is 0 Å². The summed E-state index contributed by atoms with van der Waals surface area (Å²) in [4.78, 5) is 25.7. The molecule has 2 aliphatic heterocycles. The maximum absolute atomic E-state index is 15.3. The molecule has 5 rings (SSSR count). The van der Waals surface area contributed by atoms with E-state index in [2.05, 4.69) is 16.9 Å². The van der Waals surface area contributed by atoms with Gasteiger partial charge in [-0.25, -0.2) is 9.18 Å². The topological polar surface area (TPSA) is 110 Å². The molecule has 0 bridgehead atoms. The van der Waals surface area contributed by atoms with E-state index in [0.717, 1.165) is 12.5 Å². The van der Waals surface area contributed by atoms with Crippen LogP contribution in [0.25, 0.3) is 10.9 Å². The number of halogens is 1. The van der Waals surface area contributed by atoms with Crippen molar-refractivity contribution in [1.29, 1.82) is 0 Å². The quantitative estimate of drug-likeness (QED) is 0.559. The third kappa shape index (κ3) is 2.71. The summed E-state index contributed by atoms with van der Waals surface area (Å²) in [6, 6.07) is 1.15. The molecule has 1 aliphatic carbocycles. The van der Waals surface area contributed by atoms with Gasteiger partial charge in [-0.05, 0) is 18.4 Å². The molecule has 9 nitrogen and oxygen atoms in total. The van der Waals surface area contributed by atoms with Crippen LogP contribution in [0.15, 0.2) is 29.2 Å². The number of hydrogen-bond donors (Lipinski definition) is 2. The second-order valence-corrected chi connectivity index (χ2v) is 7.96. The first-order valence-electron chi connectivity index (χ1n) is 9.69. The minimum Gasteiger partial charge on any atom is -0.467 e. The Balaban J connectivity index is 1.69. The van der Waals surface area contributed by atoms with E-state index in [1.807, 2.05) is 4.90 Å². The van der Waals surface area contributed by atoms with E-state index in [1.54, 1.807) is 16.7 Å². The molecule has 3 unspecified atom stereocenters. The molecule has 0 radical (unpaired) electrons. The highest BCUT2D eigenvalue weighted by molar-refractivity contribution is 5.93. The van der Waals surface area contributed by atoms with Gasteiger partial charge in [0.25, 0.3) is 0 Å². The molecule has 2 aromatic rings. The Bertz CT molecular complexity index is 1150. The average molecular weight is 416 g/mol. The minimum atomic E-state index is -1.62. The Morgan fingerprint density at radius 1 is 1.40 bits per heavy atom. The van der Waals surface area contributed by atoms with Crippen LogP contribution in [-0.4, -0.2) is 48.8 Å². The maximum atomic E-state index is 15.3. The van der Waals surface area contributed by atoms with Gasteiger partial charge in [-0.3, -0.25) is 14.5 Å². The second kappa shape index (κ2) is 6.63. The molecule has 1 saturated heterocycles. The van der Waals surface area contributed by atoms with Crippen molar-refractivity contribution >= 4 is 22.7 Å². The van der Waals surface area contributed by atoms with Gasteiger partial charge in [-0.2, -0.15) is 0 Å². The lowest BCUT2D eigenvalue weighted by Crippen LogP contribution is -2.39. The zero-order valence-corrected chi connectivity index (χ0v) is 16.2. The molecule has 1 aromatic heterocycles. The van der Waals surface area contributed by atoms with Crippen LogP contribution >= 0.6 is 0 Å². The summed E-state index contributed by atoms with van der Waals surface area (Å²) >= 11 is 0. The van der Waals surface area contributed by atoms with Gasteiger partial charge in [-0.15, -0.1) is 0 Å². The summed E-state index contributed by atoms with van der Waals surface area (Å²) in [6.07, 6.45) is 4.68. The molecule has 158 valence electrons. The van der Waals surface area contributed by atoms with Crippen molar-refractivity contribution in [2.45, 2.75) is 12.5 Å². The maximum Gasteiger partial charge on any atom is 0.511 e. The normalized spacial score (nSPS) is 24.7. The Morgan fingerprint density at radius 2 is 2.20 bits per heavy atom. The average Bonchev–Trinajstić information content (AvgIpc) is 3.12. The number of aromatic nitrogens is 1. The van der Waals surface area contributed by atoms with Gasteiger partial charge in [-0.1, -0.05) is 12.2 Å². The number of nitrogens with two attached hydrogens (primary N) is 1. The van der Waals surface area contributed by atoms with Crippen LogP contribution in [0, 0.1) is 17.7 Å². The molecule has 0 saturated carbocycles. The largest absolute Gasteiger partial charge is 0.511 e. The van der Waals surface area contributed by atoms with Gasteiger partial charge < -0.3 is 25.2 Å². The first kappa shape index (κ1) is 18.7. The van der Waals surface area contributed by atoms with Crippen molar-refractivity contribution in [1.82, 2.24) is 4.68 Å². The van der Waals surface area contributed by atoms with E-state index >= 15 is 4.39 Å². The summed E-state index contributed by atoms with van der Waals surface area (Å²) in [6.45, 7) is 1.29. The monoisotopic (exact) mass is 416 g/mol. The molecular weight excluding hydrogens is 395 g/mol. The van der Waals surface area contributed by atoms with Crippen LogP contribution in [0.3, 0.4) is 0 Å². The van der Waals surface area contributed by atoms with Gasteiger partial charge >= 0.3 is 6.16 Å². The smallest absolute Gasteiger partial charge is 0.467 e. The first-order chi connectivity index (χ1) is 14.3. The number of hydrogen-bond acceptors (Lipinski definition) is 7. The number of benzene rings is 1. The number of nitrogens with zero attached hydrogens (tertiary/aromatic N) is 3. The van der Waals surface area contributed by atoms with Gasteiger partial charge in [0.1, 0.15) is 11.2 Å². The summed E-state index contributed by atoms with van der Waals surface area (Å²) in [7, 11) is 1.70. The van der Waals surface area contributed by atoms with Gasteiger partial charge in [0.15, 0.2) is 18.3 Å². The fourth-order valence-electron chi connectivity index (χ4n) is 4.74. The van der Waals surface area contributed by atoms with Crippen molar-refractivity contribution in [3.8, 4) is 11.5 Å². The van der Waals surface area contributed by atoms with Gasteiger partial charge in [0, 0.05) is 32.1 Å². The molecule has 0 spiro atoms. The third-order valence-corrected chi connectivity index (χ3v) is 6.15. The highest BCUT2D eigenvalue weighted by atomic mass is 19.1. The van der Waals surface area contributed by atoms with Crippen LogP contribution in [0.1, 0.15) is 6.42 Å². The summed E-state index contributed by atoms with van der Waals surface area (Å²) in [5.74, 6) is -0.286.